The molecule has 39 heavy (non-hydrogen) atoms. The number of nitrogens with zero attached hydrogens (tertiary/aromatic N) is 4. The third-order valence-electron chi connectivity index (χ3n) is 7.12. The van der Waals surface area contributed by atoms with E-state index in [0.29, 0.717) is 0 Å². The summed E-state index contributed by atoms with van der Waals surface area (Å²) in [7, 11) is -4.00. The number of likely N-dealkylation sites (tertiary alicyclic amines) is 1. The normalized spacial score (nSPS) is 16.2. The summed E-state index contributed by atoms with van der Waals surface area (Å²) in [5.74, 6) is -0.0123. The predicted molar refractivity (Wildman–Crippen MR) is 150 cm³/mol. The molecule has 0 unspecified atom stereocenters. The van der Waals surface area contributed by atoms with Gasteiger partial charge in [-0.05, 0) is 62.0 Å². The number of sulfonamides is 1. The van der Waals surface area contributed by atoms with Crippen LogP contribution in [-0.2, 0) is 23.0 Å². The monoisotopic (exact) mass is 557 g/mol. The minimum atomic E-state index is -4.00. The first kappa shape index (κ1) is 29.0. The quantitative estimate of drug-likeness (QED) is 0.295. The molecule has 0 saturated carbocycles. The van der Waals surface area contributed by atoms with Gasteiger partial charge in [-0.15, -0.1) is 0 Å². The number of hydrogen-bond donors (Lipinski definition) is 3. The summed E-state index contributed by atoms with van der Waals surface area (Å²) in [5.41, 5.74) is 2.30. The second-order valence-electron chi connectivity index (χ2n) is 10.7. The van der Waals surface area contributed by atoms with Crippen LogP contribution in [0.1, 0.15) is 32.3 Å². The molecule has 2 atom stereocenters. The van der Waals surface area contributed by atoms with Crippen molar-refractivity contribution < 1.29 is 23.4 Å². The molecule has 2 heterocycles. The van der Waals surface area contributed by atoms with Crippen molar-refractivity contribution >= 4 is 27.1 Å². The van der Waals surface area contributed by atoms with E-state index >= 15 is 0 Å². The van der Waals surface area contributed by atoms with Crippen molar-refractivity contribution in [2.75, 3.05) is 32.7 Å². The van der Waals surface area contributed by atoms with Crippen LogP contribution in [0.4, 0.5) is 4.79 Å². The van der Waals surface area contributed by atoms with Crippen LogP contribution in [0, 0.1) is 5.92 Å². The lowest BCUT2D eigenvalue weighted by molar-refractivity contribution is 0.0980. The highest BCUT2D eigenvalue weighted by Gasteiger charge is 2.31. The van der Waals surface area contributed by atoms with Crippen molar-refractivity contribution in [3.8, 4) is 0 Å². The molecule has 0 spiro atoms. The standard InChI is InChI=1S/C28H39N5O5S/c1-21(2)18-33(19-27(34)25(30-28(35)36)16-22-8-4-3-5-9-22)39(37,38)23-10-11-24-26(17-23)32(20-29-24)15-14-31-12-6-7-13-31/h3-5,8-11,17,20-21,25,27,30,34H,6-7,12-16,18-19H2,1-2H3,(H,35,36)/t25-,27+/m0/s1. The zero-order chi connectivity index (χ0) is 28.0. The van der Waals surface area contributed by atoms with Gasteiger partial charge in [-0.1, -0.05) is 44.2 Å². The number of benzene rings is 2. The lowest BCUT2D eigenvalue weighted by Gasteiger charge is -2.30. The van der Waals surface area contributed by atoms with Gasteiger partial charge in [-0.25, -0.2) is 18.2 Å². The van der Waals surface area contributed by atoms with E-state index in [1.54, 1.807) is 24.5 Å². The molecular formula is C28H39N5O5S. The molecule has 10 nitrogen and oxygen atoms in total. The summed E-state index contributed by atoms with van der Waals surface area (Å²) in [5, 5.41) is 22.9. The average Bonchev–Trinajstić information content (AvgIpc) is 3.56. The molecule has 212 valence electrons. The van der Waals surface area contributed by atoms with Crippen molar-refractivity contribution in [3.63, 3.8) is 0 Å². The van der Waals surface area contributed by atoms with E-state index in [-0.39, 0.29) is 30.3 Å². The molecule has 1 saturated heterocycles. The number of aliphatic hydroxyl groups excluding tert-OH is 1. The topological polar surface area (TPSA) is 128 Å². The molecule has 1 aliphatic rings. The predicted octanol–water partition coefficient (Wildman–Crippen LogP) is 3.02. The van der Waals surface area contributed by atoms with Gasteiger partial charge in [0.15, 0.2) is 0 Å². The van der Waals surface area contributed by atoms with Gasteiger partial charge in [0.2, 0.25) is 10.0 Å². The number of nitrogens with one attached hydrogen (secondary N) is 1. The summed E-state index contributed by atoms with van der Waals surface area (Å²) < 4.78 is 31.0. The summed E-state index contributed by atoms with van der Waals surface area (Å²) >= 11 is 0. The van der Waals surface area contributed by atoms with Gasteiger partial charge in [0.1, 0.15) is 0 Å². The number of hydrogen-bond acceptors (Lipinski definition) is 6. The molecule has 0 radical (unpaired) electrons. The number of carboxylic acid groups (broad SMARTS) is 1. The number of amides is 1. The molecule has 3 aromatic rings. The number of fused-ring (bicyclic) bond motifs is 1. The van der Waals surface area contributed by atoms with Crippen LogP contribution in [-0.4, -0.2) is 88.3 Å². The molecule has 3 N–H and O–H groups in total. The van der Waals surface area contributed by atoms with E-state index in [1.165, 1.54) is 17.1 Å². The summed E-state index contributed by atoms with van der Waals surface area (Å²) in [6, 6.07) is 13.2. The molecule has 2 aromatic carbocycles. The van der Waals surface area contributed by atoms with Gasteiger partial charge in [-0.3, -0.25) is 0 Å². The van der Waals surface area contributed by atoms with Crippen molar-refractivity contribution in [1.29, 1.82) is 0 Å². The number of aliphatic hydroxyl groups is 1. The summed E-state index contributed by atoms with van der Waals surface area (Å²) in [4.78, 5) is 18.5. The molecule has 0 bridgehead atoms. The molecular weight excluding hydrogens is 518 g/mol. The molecule has 1 fully saturated rings. The Balaban J connectivity index is 1.57. The first-order valence-corrected chi connectivity index (χ1v) is 15.0. The summed E-state index contributed by atoms with van der Waals surface area (Å²) in [6.07, 6.45) is 1.85. The summed E-state index contributed by atoms with van der Waals surface area (Å²) in [6.45, 7) is 7.51. The van der Waals surface area contributed by atoms with Crippen LogP contribution in [0.25, 0.3) is 11.0 Å². The molecule has 11 heteroatoms. The van der Waals surface area contributed by atoms with Gasteiger partial charge in [-0.2, -0.15) is 4.31 Å². The van der Waals surface area contributed by atoms with Gasteiger partial charge in [0.05, 0.1) is 34.4 Å². The van der Waals surface area contributed by atoms with Crippen LogP contribution < -0.4 is 5.32 Å². The lowest BCUT2D eigenvalue weighted by atomic mass is 10.0. The number of carbonyl (C=O) groups is 1. The second kappa shape index (κ2) is 12.9. The van der Waals surface area contributed by atoms with E-state index in [2.05, 4.69) is 15.2 Å². The van der Waals surface area contributed by atoms with Crippen LogP contribution >= 0.6 is 0 Å². The largest absolute Gasteiger partial charge is 0.465 e. The van der Waals surface area contributed by atoms with Gasteiger partial charge in [0.25, 0.3) is 0 Å². The maximum atomic E-state index is 13.9. The minimum Gasteiger partial charge on any atom is -0.465 e. The van der Waals surface area contributed by atoms with Crippen molar-refractivity contribution in [2.24, 2.45) is 5.92 Å². The van der Waals surface area contributed by atoms with E-state index in [4.69, 9.17) is 0 Å². The zero-order valence-corrected chi connectivity index (χ0v) is 23.4. The van der Waals surface area contributed by atoms with E-state index in [1.807, 2.05) is 48.7 Å². The number of imidazole rings is 1. The Hall–Kier alpha value is -2.99. The van der Waals surface area contributed by atoms with Gasteiger partial charge < -0.3 is 25.0 Å². The third kappa shape index (κ3) is 7.57. The maximum Gasteiger partial charge on any atom is 0.404 e. The fourth-order valence-corrected chi connectivity index (χ4v) is 6.75. The Labute approximate surface area is 230 Å². The third-order valence-corrected chi connectivity index (χ3v) is 8.94. The van der Waals surface area contributed by atoms with Gasteiger partial charge >= 0.3 is 6.09 Å². The van der Waals surface area contributed by atoms with E-state index in [9.17, 15) is 23.4 Å². The highest BCUT2D eigenvalue weighted by molar-refractivity contribution is 7.89. The van der Waals surface area contributed by atoms with E-state index < -0.39 is 28.3 Å². The molecule has 1 amide bonds. The Kier molecular flexibility index (Phi) is 9.60. The Morgan fingerprint density at radius 1 is 1.08 bits per heavy atom. The molecule has 0 aliphatic carbocycles. The number of rotatable bonds is 13. The first-order valence-electron chi connectivity index (χ1n) is 13.5. The molecule has 1 aliphatic heterocycles. The highest BCUT2D eigenvalue weighted by atomic mass is 32.2. The second-order valence-corrected chi connectivity index (χ2v) is 12.6. The van der Waals surface area contributed by atoms with Crippen LogP contribution in [0.15, 0.2) is 59.8 Å². The highest BCUT2D eigenvalue weighted by Crippen LogP contribution is 2.24. The SMILES string of the molecule is CC(C)CN(C[C@@H](O)[C@H](Cc1ccccc1)NC(=O)O)S(=O)(=O)c1ccc2ncn(CCN3CCCC3)c2c1. The Morgan fingerprint density at radius 2 is 1.79 bits per heavy atom. The smallest absolute Gasteiger partial charge is 0.404 e. The average molecular weight is 558 g/mol. The fourth-order valence-electron chi connectivity index (χ4n) is 5.10. The molecule has 1 aromatic heterocycles. The Bertz CT molecular complexity index is 1340. The zero-order valence-electron chi connectivity index (χ0n) is 22.6. The van der Waals surface area contributed by atoms with Crippen molar-refractivity contribution in [2.45, 2.75) is 56.7 Å². The maximum absolute atomic E-state index is 13.9. The van der Waals surface area contributed by atoms with Gasteiger partial charge in [0, 0.05) is 26.2 Å². The van der Waals surface area contributed by atoms with Crippen LogP contribution in [0.3, 0.4) is 0 Å². The lowest BCUT2D eigenvalue weighted by Crippen LogP contribution is -2.50. The Morgan fingerprint density at radius 3 is 2.46 bits per heavy atom. The fraction of sp³-hybridized carbons (Fsp3) is 0.500. The van der Waals surface area contributed by atoms with Crippen molar-refractivity contribution in [3.05, 3.63) is 60.4 Å². The van der Waals surface area contributed by atoms with Crippen LogP contribution in [0.5, 0.6) is 0 Å². The van der Waals surface area contributed by atoms with E-state index in [0.717, 1.165) is 42.8 Å². The van der Waals surface area contributed by atoms with Crippen LogP contribution in [0.2, 0.25) is 0 Å². The minimum absolute atomic E-state index is 0.0123. The number of aromatic nitrogens is 2. The first-order chi connectivity index (χ1) is 18.6. The van der Waals surface area contributed by atoms with Crippen molar-refractivity contribution in [1.82, 2.24) is 24.1 Å². The molecule has 4 rings (SSSR count).